The zero-order valence-corrected chi connectivity index (χ0v) is 14.3. The fourth-order valence-electron chi connectivity index (χ4n) is 2.22. The van der Waals surface area contributed by atoms with Crippen LogP contribution in [0, 0.1) is 24.1 Å². The summed E-state index contributed by atoms with van der Waals surface area (Å²) in [5.74, 6) is -0.459. The summed E-state index contributed by atoms with van der Waals surface area (Å²) in [7, 11) is 0. The number of benzene rings is 2. The number of nitrogens with one attached hydrogen (secondary N) is 2. The monoisotopic (exact) mass is 357 g/mol. The fourth-order valence-corrected chi connectivity index (χ4v) is 3.12. The number of anilines is 1. The van der Waals surface area contributed by atoms with Crippen molar-refractivity contribution in [2.45, 2.75) is 11.8 Å². The minimum Gasteiger partial charge on any atom is -0.360 e. The van der Waals surface area contributed by atoms with Gasteiger partial charge in [0, 0.05) is 27.4 Å². The zero-order chi connectivity index (χ0) is 17.1. The molecule has 3 rings (SSSR count). The molecule has 6 heteroatoms. The van der Waals surface area contributed by atoms with Crippen LogP contribution in [0.3, 0.4) is 0 Å². The highest BCUT2D eigenvalue weighted by atomic mass is 35.5. The SMILES string of the molecule is Cc1ccc(Cl)c(-c2cc(SNc3ccc(C#N)cc3F)c[nH]2)c1. The molecular formula is C18H13ClFN3S. The summed E-state index contributed by atoms with van der Waals surface area (Å²) in [6.45, 7) is 2.01. The molecule has 0 bridgehead atoms. The maximum Gasteiger partial charge on any atom is 0.148 e. The molecular weight excluding hydrogens is 345 g/mol. The lowest BCUT2D eigenvalue weighted by molar-refractivity contribution is 0.632. The first-order valence-electron chi connectivity index (χ1n) is 7.14. The van der Waals surface area contributed by atoms with Crippen molar-refractivity contribution in [3.05, 3.63) is 70.6 Å². The molecule has 0 atom stereocenters. The van der Waals surface area contributed by atoms with Crippen molar-refractivity contribution in [1.82, 2.24) is 4.98 Å². The predicted octanol–water partition coefficient (Wildman–Crippen LogP) is 5.77. The molecule has 120 valence electrons. The Balaban J connectivity index is 1.75. The van der Waals surface area contributed by atoms with Crippen LogP contribution in [0.5, 0.6) is 0 Å². The molecule has 1 heterocycles. The van der Waals surface area contributed by atoms with Gasteiger partial charge in [0.15, 0.2) is 0 Å². The Morgan fingerprint density at radius 1 is 1.21 bits per heavy atom. The van der Waals surface area contributed by atoms with Crippen LogP contribution in [0.2, 0.25) is 5.02 Å². The number of aryl methyl sites for hydroxylation is 1. The maximum atomic E-state index is 13.9. The van der Waals surface area contributed by atoms with Crippen LogP contribution in [0.4, 0.5) is 10.1 Å². The number of rotatable bonds is 4. The van der Waals surface area contributed by atoms with E-state index >= 15 is 0 Å². The van der Waals surface area contributed by atoms with Crippen molar-refractivity contribution < 1.29 is 4.39 Å². The summed E-state index contributed by atoms with van der Waals surface area (Å²) in [6.07, 6.45) is 1.83. The topological polar surface area (TPSA) is 51.6 Å². The number of aromatic nitrogens is 1. The Morgan fingerprint density at radius 2 is 2.04 bits per heavy atom. The molecule has 2 aromatic carbocycles. The van der Waals surface area contributed by atoms with Gasteiger partial charge in [-0.25, -0.2) is 4.39 Å². The number of hydrogen-bond donors (Lipinski definition) is 2. The number of nitrogens with zero attached hydrogens (tertiary/aromatic N) is 1. The lowest BCUT2D eigenvalue weighted by Gasteiger charge is -2.05. The van der Waals surface area contributed by atoms with Gasteiger partial charge in [-0.2, -0.15) is 5.26 Å². The van der Waals surface area contributed by atoms with E-state index in [0.29, 0.717) is 16.3 Å². The minimum absolute atomic E-state index is 0.293. The summed E-state index contributed by atoms with van der Waals surface area (Å²) in [5.41, 5.74) is 3.56. The van der Waals surface area contributed by atoms with E-state index in [1.165, 1.54) is 18.0 Å². The van der Waals surface area contributed by atoms with E-state index in [1.54, 1.807) is 12.1 Å². The molecule has 3 nitrogen and oxygen atoms in total. The number of hydrogen-bond acceptors (Lipinski definition) is 3. The molecule has 0 saturated heterocycles. The molecule has 0 aliphatic carbocycles. The van der Waals surface area contributed by atoms with E-state index < -0.39 is 5.82 Å². The summed E-state index contributed by atoms with van der Waals surface area (Å²) >= 11 is 7.52. The van der Waals surface area contributed by atoms with Gasteiger partial charge in [0.2, 0.25) is 0 Å². The number of nitriles is 1. The second kappa shape index (κ2) is 7.00. The van der Waals surface area contributed by atoms with Gasteiger partial charge in [-0.3, -0.25) is 0 Å². The highest BCUT2D eigenvalue weighted by Gasteiger charge is 2.08. The quantitative estimate of drug-likeness (QED) is 0.582. The average molecular weight is 358 g/mol. The molecule has 0 fully saturated rings. The lowest BCUT2D eigenvalue weighted by atomic mass is 10.1. The van der Waals surface area contributed by atoms with Gasteiger partial charge in [-0.15, -0.1) is 0 Å². The van der Waals surface area contributed by atoms with Crippen LogP contribution in [-0.2, 0) is 0 Å². The molecule has 24 heavy (non-hydrogen) atoms. The standard InChI is InChI=1S/C18H13ClFN3S/c1-11-2-4-15(19)14(6-11)18-8-13(10-22-18)24-23-17-5-3-12(9-21)7-16(17)20/h2-8,10,22-23H,1H3. The third-order valence-corrected chi connectivity index (χ3v) is 4.57. The minimum atomic E-state index is -0.459. The summed E-state index contributed by atoms with van der Waals surface area (Å²) in [5, 5.41) is 9.43. The Kier molecular flexibility index (Phi) is 4.79. The third kappa shape index (κ3) is 3.56. The normalized spacial score (nSPS) is 10.4. The van der Waals surface area contributed by atoms with Crippen LogP contribution in [-0.4, -0.2) is 4.98 Å². The first-order chi connectivity index (χ1) is 11.6. The number of aromatic amines is 1. The maximum absolute atomic E-state index is 13.9. The molecule has 0 aliphatic heterocycles. The van der Waals surface area contributed by atoms with Crippen molar-refractivity contribution in [1.29, 1.82) is 5.26 Å². The Morgan fingerprint density at radius 3 is 2.79 bits per heavy atom. The molecule has 0 unspecified atom stereocenters. The average Bonchev–Trinajstić information content (AvgIpc) is 3.04. The van der Waals surface area contributed by atoms with E-state index in [1.807, 2.05) is 43.5 Å². The van der Waals surface area contributed by atoms with Crippen LogP contribution in [0.15, 0.2) is 53.6 Å². The number of halogens is 2. The van der Waals surface area contributed by atoms with Crippen LogP contribution in [0.25, 0.3) is 11.3 Å². The van der Waals surface area contributed by atoms with Gasteiger partial charge in [0.05, 0.1) is 17.3 Å². The molecule has 0 aliphatic rings. The van der Waals surface area contributed by atoms with E-state index in [0.717, 1.165) is 21.7 Å². The smallest absolute Gasteiger partial charge is 0.148 e. The Labute approximate surface area is 148 Å². The van der Waals surface area contributed by atoms with Gasteiger partial charge in [0.25, 0.3) is 0 Å². The van der Waals surface area contributed by atoms with Crippen molar-refractivity contribution in [2.75, 3.05) is 4.72 Å². The van der Waals surface area contributed by atoms with E-state index in [-0.39, 0.29) is 0 Å². The molecule has 1 aromatic heterocycles. The molecule has 0 radical (unpaired) electrons. The Bertz CT molecular complexity index is 930. The van der Waals surface area contributed by atoms with E-state index in [2.05, 4.69) is 9.71 Å². The molecule has 0 spiro atoms. The number of H-pyrrole nitrogens is 1. The highest BCUT2D eigenvalue weighted by molar-refractivity contribution is 8.00. The van der Waals surface area contributed by atoms with E-state index in [9.17, 15) is 4.39 Å². The van der Waals surface area contributed by atoms with Gasteiger partial charge in [-0.1, -0.05) is 23.2 Å². The van der Waals surface area contributed by atoms with Crippen molar-refractivity contribution in [3.63, 3.8) is 0 Å². The highest BCUT2D eigenvalue weighted by Crippen LogP contribution is 2.31. The van der Waals surface area contributed by atoms with Crippen LogP contribution >= 0.6 is 23.5 Å². The first kappa shape index (κ1) is 16.4. The Hall–Kier alpha value is -2.42. The molecule has 0 saturated carbocycles. The van der Waals surface area contributed by atoms with Crippen molar-refractivity contribution >= 4 is 29.2 Å². The van der Waals surface area contributed by atoms with Crippen LogP contribution < -0.4 is 4.72 Å². The van der Waals surface area contributed by atoms with Crippen molar-refractivity contribution in [3.8, 4) is 17.3 Å². The summed E-state index contributed by atoms with van der Waals surface area (Å²) in [4.78, 5) is 4.07. The van der Waals surface area contributed by atoms with E-state index in [4.69, 9.17) is 16.9 Å². The second-order valence-corrected chi connectivity index (χ2v) is 6.53. The summed E-state index contributed by atoms with van der Waals surface area (Å²) < 4.78 is 16.8. The van der Waals surface area contributed by atoms with Gasteiger partial charge in [-0.05, 0) is 55.3 Å². The van der Waals surface area contributed by atoms with Crippen LogP contribution in [0.1, 0.15) is 11.1 Å². The molecule has 2 N–H and O–H groups in total. The zero-order valence-electron chi connectivity index (χ0n) is 12.7. The predicted molar refractivity (Wildman–Crippen MR) is 96.6 cm³/mol. The second-order valence-electron chi connectivity index (χ2n) is 5.24. The third-order valence-electron chi connectivity index (χ3n) is 3.45. The van der Waals surface area contributed by atoms with Gasteiger partial charge < -0.3 is 9.71 Å². The van der Waals surface area contributed by atoms with Gasteiger partial charge in [0.1, 0.15) is 5.82 Å². The fraction of sp³-hybridized carbons (Fsp3) is 0.0556. The lowest BCUT2D eigenvalue weighted by Crippen LogP contribution is -1.91. The molecule has 3 aromatic rings. The first-order valence-corrected chi connectivity index (χ1v) is 8.34. The van der Waals surface area contributed by atoms with Crippen molar-refractivity contribution in [2.24, 2.45) is 0 Å². The summed E-state index contributed by atoms with van der Waals surface area (Å²) in [6, 6.07) is 14.0. The molecule has 0 amide bonds. The van der Waals surface area contributed by atoms with Gasteiger partial charge >= 0.3 is 0 Å². The largest absolute Gasteiger partial charge is 0.360 e.